The molecule has 0 aliphatic rings. The number of benzene rings is 3. The summed E-state index contributed by atoms with van der Waals surface area (Å²) in [5.41, 5.74) is 0.647. The molecular formula is C21H18ClFN2O4S. The first kappa shape index (κ1) is 21.6. The van der Waals surface area contributed by atoms with Gasteiger partial charge in [0.05, 0.1) is 4.90 Å². The van der Waals surface area contributed by atoms with Crippen LogP contribution in [0.5, 0.6) is 5.75 Å². The van der Waals surface area contributed by atoms with Crippen LogP contribution in [0.3, 0.4) is 0 Å². The predicted molar refractivity (Wildman–Crippen MR) is 114 cm³/mol. The van der Waals surface area contributed by atoms with E-state index in [9.17, 15) is 17.6 Å². The number of hydrogen-bond donors (Lipinski definition) is 2. The first-order chi connectivity index (χ1) is 14.2. The van der Waals surface area contributed by atoms with E-state index in [1.165, 1.54) is 36.4 Å². The third-order valence-corrected chi connectivity index (χ3v) is 5.67. The fraction of sp³-hybridized carbons (Fsp3) is 0.0952. The molecule has 2 N–H and O–H groups in total. The SMILES string of the molecule is CC(Oc1ccc(Cl)cc1)C(=O)Nc1ccc(S(=O)(=O)Nc2ccc(F)cc2)cc1. The largest absolute Gasteiger partial charge is 0.481 e. The Morgan fingerprint density at radius 3 is 2.10 bits per heavy atom. The minimum atomic E-state index is -3.85. The molecule has 1 unspecified atom stereocenters. The summed E-state index contributed by atoms with van der Waals surface area (Å²) in [5.74, 6) is -0.368. The molecule has 6 nitrogen and oxygen atoms in total. The first-order valence-electron chi connectivity index (χ1n) is 8.84. The van der Waals surface area contributed by atoms with Crippen LogP contribution in [0.4, 0.5) is 15.8 Å². The lowest BCUT2D eigenvalue weighted by Gasteiger charge is -2.15. The Bertz CT molecular complexity index is 1120. The summed E-state index contributed by atoms with van der Waals surface area (Å²) in [5, 5.41) is 3.22. The van der Waals surface area contributed by atoms with Crippen molar-refractivity contribution in [3.8, 4) is 5.75 Å². The highest BCUT2D eigenvalue weighted by Crippen LogP contribution is 2.20. The van der Waals surface area contributed by atoms with E-state index in [2.05, 4.69) is 10.0 Å². The standard InChI is InChI=1S/C21H18ClFN2O4S/c1-14(29-19-10-2-15(22)3-11-19)21(26)24-17-8-12-20(13-9-17)30(27,28)25-18-6-4-16(23)5-7-18/h2-14,25H,1H3,(H,24,26). The van der Waals surface area contributed by atoms with Gasteiger partial charge in [-0.15, -0.1) is 0 Å². The molecule has 0 saturated heterocycles. The van der Waals surface area contributed by atoms with Crippen molar-refractivity contribution in [3.63, 3.8) is 0 Å². The zero-order valence-corrected chi connectivity index (χ0v) is 17.4. The van der Waals surface area contributed by atoms with Crippen LogP contribution >= 0.6 is 11.6 Å². The van der Waals surface area contributed by atoms with Gasteiger partial charge in [0.1, 0.15) is 11.6 Å². The van der Waals surface area contributed by atoms with Gasteiger partial charge in [-0.05, 0) is 79.7 Å². The van der Waals surface area contributed by atoms with Gasteiger partial charge in [0.15, 0.2) is 6.10 Å². The second-order valence-electron chi connectivity index (χ2n) is 6.34. The smallest absolute Gasteiger partial charge is 0.265 e. The monoisotopic (exact) mass is 448 g/mol. The van der Waals surface area contributed by atoms with Crippen molar-refractivity contribution in [3.05, 3.63) is 83.6 Å². The average Bonchev–Trinajstić information content (AvgIpc) is 2.71. The highest BCUT2D eigenvalue weighted by molar-refractivity contribution is 7.92. The highest BCUT2D eigenvalue weighted by atomic mass is 35.5. The van der Waals surface area contributed by atoms with Gasteiger partial charge in [-0.2, -0.15) is 0 Å². The van der Waals surface area contributed by atoms with Crippen LogP contribution in [0.25, 0.3) is 0 Å². The molecule has 0 bridgehead atoms. The molecule has 3 rings (SSSR count). The third kappa shape index (κ3) is 5.71. The lowest BCUT2D eigenvalue weighted by atomic mass is 10.3. The van der Waals surface area contributed by atoms with Crippen LogP contribution in [-0.2, 0) is 14.8 Å². The molecule has 30 heavy (non-hydrogen) atoms. The van der Waals surface area contributed by atoms with Crippen molar-refractivity contribution in [2.24, 2.45) is 0 Å². The number of halogens is 2. The van der Waals surface area contributed by atoms with Gasteiger partial charge in [-0.1, -0.05) is 11.6 Å². The van der Waals surface area contributed by atoms with Crippen molar-refractivity contribution >= 4 is 38.9 Å². The summed E-state index contributed by atoms with van der Waals surface area (Å²) >= 11 is 5.82. The summed E-state index contributed by atoms with van der Waals surface area (Å²) < 4.78 is 45.7. The van der Waals surface area contributed by atoms with E-state index in [0.29, 0.717) is 16.5 Å². The molecule has 0 spiro atoms. The average molecular weight is 449 g/mol. The third-order valence-electron chi connectivity index (χ3n) is 4.02. The van der Waals surface area contributed by atoms with Gasteiger partial charge >= 0.3 is 0 Å². The lowest BCUT2D eigenvalue weighted by molar-refractivity contribution is -0.122. The van der Waals surface area contributed by atoms with Gasteiger partial charge in [-0.25, -0.2) is 12.8 Å². The van der Waals surface area contributed by atoms with E-state index in [0.717, 1.165) is 12.1 Å². The molecule has 0 aliphatic carbocycles. The Morgan fingerprint density at radius 1 is 0.933 bits per heavy atom. The molecular weight excluding hydrogens is 431 g/mol. The van der Waals surface area contributed by atoms with Crippen molar-refractivity contribution in [1.29, 1.82) is 0 Å². The number of rotatable bonds is 7. The highest BCUT2D eigenvalue weighted by Gasteiger charge is 2.17. The van der Waals surface area contributed by atoms with Crippen LogP contribution in [0.1, 0.15) is 6.92 Å². The van der Waals surface area contributed by atoms with E-state index in [-0.39, 0.29) is 10.6 Å². The maximum atomic E-state index is 13.0. The number of carbonyl (C=O) groups excluding carboxylic acids is 1. The molecule has 0 radical (unpaired) electrons. The summed E-state index contributed by atoms with van der Waals surface area (Å²) in [6, 6.07) is 17.2. The van der Waals surface area contributed by atoms with Crippen molar-refractivity contribution < 1.29 is 22.3 Å². The number of amides is 1. The normalized spacial score (nSPS) is 12.1. The van der Waals surface area contributed by atoms with E-state index >= 15 is 0 Å². The number of hydrogen-bond acceptors (Lipinski definition) is 4. The Balaban J connectivity index is 1.62. The Morgan fingerprint density at radius 2 is 1.50 bits per heavy atom. The number of anilines is 2. The zero-order valence-electron chi connectivity index (χ0n) is 15.8. The molecule has 0 heterocycles. The molecule has 156 valence electrons. The Kier molecular flexibility index (Phi) is 6.59. The molecule has 0 aromatic heterocycles. The molecule has 0 aliphatic heterocycles. The molecule has 3 aromatic rings. The Hall–Kier alpha value is -3.10. The molecule has 1 amide bonds. The maximum Gasteiger partial charge on any atom is 0.265 e. The number of ether oxygens (including phenoxy) is 1. The first-order valence-corrected chi connectivity index (χ1v) is 10.7. The van der Waals surface area contributed by atoms with Crippen molar-refractivity contribution in [2.75, 3.05) is 10.0 Å². The number of sulfonamides is 1. The molecule has 0 fully saturated rings. The molecule has 1 atom stereocenters. The summed E-state index contributed by atoms with van der Waals surface area (Å²) in [6.07, 6.45) is -0.783. The van der Waals surface area contributed by atoms with Gasteiger partial charge in [0.2, 0.25) is 0 Å². The van der Waals surface area contributed by atoms with E-state index in [4.69, 9.17) is 16.3 Å². The van der Waals surface area contributed by atoms with Crippen molar-refractivity contribution in [2.45, 2.75) is 17.9 Å². The fourth-order valence-electron chi connectivity index (χ4n) is 2.46. The van der Waals surface area contributed by atoms with E-state index in [1.54, 1.807) is 31.2 Å². The van der Waals surface area contributed by atoms with Crippen LogP contribution in [0.15, 0.2) is 77.7 Å². The maximum absolute atomic E-state index is 13.0. The zero-order chi connectivity index (χ0) is 21.7. The second kappa shape index (κ2) is 9.15. The topological polar surface area (TPSA) is 84.5 Å². The van der Waals surface area contributed by atoms with Crippen LogP contribution in [-0.4, -0.2) is 20.4 Å². The quantitative estimate of drug-likeness (QED) is 0.549. The lowest BCUT2D eigenvalue weighted by Crippen LogP contribution is -2.30. The summed E-state index contributed by atoms with van der Waals surface area (Å²) in [6.45, 7) is 1.59. The Labute approximate surface area is 178 Å². The van der Waals surface area contributed by atoms with E-state index < -0.39 is 27.9 Å². The summed E-state index contributed by atoms with van der Waals surface area (Å²) in [4.78, 5) is 12.3. The van der Waals surface area contributed by atoms with Gasteiger partial charge in [0, 0.05) is 16.4 Å². The summed E-state index contributed by atoms with van der Waals surface area (Å²) in [7, 11) is -3.85. The van der Waals surface area contributed by atoms with Gasteiger partial charge < -0.3 is 10.1 Å². The van der Waals surface area contributed by atoms with E-state index in [1.807, 2.05) is 0 Å². The van der Waals surface area contributed by atoms with Gasteiger partial charge in [-0.3, -0.25) is 9.52 Å². The van der Waals surface area contributed by atoms with Crippen LogP contribution in [0.2, 0.25) is 5.02 Å². The molecule has 3 aromatic carbocycles. The molecule has 9 heteroatoms. The van der Waals surface area contributed by atoms with Crippen LogP contribution < -0.4 is 14.8 Å². The fourth-order valence-corrected chi connectivity index (χ4v) is 3.65. The van der Waals surface area contributed by atoms with Crippen molar-refractivity contribution in [1.82, 2.24) is 0 Å². The van der Waals surface area contributed by atoms with Gasteiger partial charge in [0.25, 0.3) is 15.9 Å². The molecule has 0 saturated carbocycles. The minimum Gasteiger partial charge on any atom is -0.481 e. The number of carbonyl (C=O) groups is 1. The number of nitrogens with one attached hydrogen (secondary N) is 2. The van der Waals surface area contributed by atoms with Crippen LogP contribution in [0, 0.1) is 5.82 Å². The minimum absolute atomic E-state index is 0.00436. The predicted octanol–water partition coefficient (Wildman–Crippen LogP) is 4.69. The second-order valence-corrected chi connectivity index (χ2v) is 8.46.